The maximum atomic E-state index is 8.65. The minimum atomic E-state index is 0.146. The number of likely N-dealkylation sites (tertiary alicyclic amines) is 1. The molecule has 0 aliphatic carbocycles. The van der Waals surface area contributed by atoms with Crippen LogP contribution in [0.15, 0.2) is 0 Å². The Morgan fingerprint density at radius 3 is 2.80 bits per heavy atom. The third kappa shape index (κ3) is 1.62. The third-order valence-corrected chi connectivity index (χ3v) is 2.85. The normalized spacial score (nSPS) is 35.1. The first-order valence-electron chi connectivity index (χ1n) is 3.71. The average molecular weight is 164 g/mol. The fourth-order valence-corrected chi connectivity index (χ4v) is 1.79. The van der Waals surface area contributed by atoms with E-state index in [1.165, 1.54) is 0 Å². The van der Waals surface area contributed by atoms with Crippen molar-refractivity contribution in [2.24, 2.45) is 5.92 Å². The van der Waals surface area contributed by atoms with Crippen molar-refractivity contribution in [1.29, 1.82) is 0 Å². The number of alkyl halides is 1. The zero-order valence-corrected chi connectivity index (χ0v) is 7.01. The fourth-order valence-electron chi connectivity index (χ4n) is 1.44. The first kappa shape index (κ1) is 8.31. The number of hydrogen-bond acceptors (Lipinski definition) is 2. The van der Waals surface area contributed by atoms with Crippen molar-refractivity contribution in [3.05, 3.63) is 0 Å². The van der Waals surface area contributed by atoms with E-state index in [0.29, 0.717) is 5.92 Å². The van der Waals surface area contributed by atoms with Crippen LogP contribution in [-0.2, 0) is 0 Å². The largest absolute Gasteiger partial charge is 0.396 e. The summed E-state index contributed by atoms with van der Waals surface area (Å²) in [6, 6.07) is 0. The molecule has 0 spiro atoms. The molecule has 0 bridgehead atoms. The summed E-state index contributed by atoms with van der Waals surface area (Å²) < 4.78 is 0. The van der Waals surface area contributed by atoms with Gasteiger partial charge in [-0.3, -0.25) is 4.90 Å². The van der Waals surface area contributed by atoms with E-state index in [-0.39, 0.29) is 12.1 Å². The molecule has 1 N–H and O–H groups in total. The van der Waals surface area contributed by atoms with E-state index in [1.807, 2.05) is 7.05 Å². The highest BCUT2D eigenvalue weighted by molar-refractivity contribution is 6.20. The van der Waals surface area contributed by atoms with Crippen molar-refractivity contribution in [2.45, 2.75) is 18.3 Å². The van der Waals surface area contributed by atoms with E-state index in [9.17, 15) is 0 Å². The summed E-state index contributed by atoms with van der Waals surface area (Å²) >= 11 is 6.02. The highest BCUT2D eigenvalue weighted by Crippen LogP contribution is 2.27. The summed E-state index contributed by atoms with van der Waals surface area (Å²) in [5.74, 6) is 0.497. The molecule has 1 aliphatic rings. The molecule has 1 fully saturated rings. The van der Waals surface area contributed by atoms with Crippen molar-refractivity contribution < 1.29 is 5.11 Å². The molecule has 0 aromatic rings. The molecule has 0 aromatic heterocycles. The van der Waals surface area contributed by atoms with Crippen LogP contribution in [0.1, 0.15) is 12.8 Å². The van der Waals surface area contributed by atoms with Gasteiger partial charge in [0, 0.05) is 6.61 Å². The lowest BCUT2D eigenvalue weighted by Gasteiger charge is -2.16. The molecule has 0 aromatic carbocycles. The first-order valence-corrected chi connectivity index (χ1v) is 4.14. The Morgan fingerprint density at radius 1 is 1.70 bits per heavy atom. The summed E-state index contributed by atoms with van der Waals surface area (Å²) in [6.45, 7) is 1.33. The van der Waals surface area contributed by atoms with Gasteiger partial charge in [0.15, 0.2) is 0 Å². The van der Waals surface area contributed by atoms with E-state index < -0.39 is 0 Å². The van der Waals surface area contributed by atoms with Gasteiger partial charge in [-0.05, 0) is 32.4 Å². The predicted octanol–water partition coefficient (Wildman–Crippen LogP) is 0.885. The zero-order chi connectivity index (χ0) is 7.56. The van der Waals surface area contributed by atoms with E-state index in [1.54, 1.807) is 0 Å². The van der Waals surface area contributed by atoms with Crippen LogP contribution in [0.5, 0.6) is 0 Å². The predicted molar refractivity (Wildman–Crippen MR) is 42.1 cm³/mol. The van der Waals surface area contributed by atoms with Crippen molar-refractivity contribution in [2.75, 3.05) is 20.2 Å². The van der Waals surface area contributed by atoms with Crippen LogP contribution < -0.4 is 0 Å². The number of halogens is 1. The smallest absolute Gasteiger partial charge is 0.0877 e. The Kier molecular flexibility index (Phi) is 2.96. The standard InChI is InChI=1S/C7H14ClNO/c1-9-4-2-6(3-5-10)7(9)8/h6-7,10H,2-5H2,1H3/t6-,7?/m1/s1. The van der Waals surface area contributed by atoms with Crippen LogP contribution in [-0.4, -0.2) is 35.7 Å². The van der Waals surface area contributed by atoms with Crippen LogP contribution in [0.25, 0.3) is 0 Å². The highest BCUT2D eigenvalue weighted by atomic mass is 35.5. The minimum Gasteiger partial charge on any atom is -0.396 e. The lowest BCUT2D eigenvalue weighted by molar-refractivity contribution is 0.248. The summed E-state index contributed by atoms with van der Waals surface area (Å²) in [4.78, 5) is 2.13. The van der Waals surface area contributed by atoms with Gasteiger partial charge in [0.25, 0.3) is 0 Å². The quantitative estimate of drug-likeness (QED) is 0.483. The van der Waals surface area contributed by atoms with Gasteiger partial charge in [-0.25, -0.2) is 0 Å². The molecule has 10 heavy (non-hydrogen) atoms. The fraction of sp³-hybridized carbons (Fsp3) is 1.00. The van der Waals surface area contributed by atoms with Gasteiger partial charge >= 0.3 is 0 Å². The van der Waals surface area contributed by atoms with Crippen molar-refractivity contribution in [3.8, 4) is 0 Å². The SMILES string of the molecule is CN1CC[C@H](CCO)C1Cl. The third-order valence-electron chi connectivity index (χ3n) is 2.16. The lowest BCUT2D eigenvalue weighted by atomic mass is 10.1. The second-order valence-electron chi connectivity index (χ2n) is 2.91. The van der Waals surface area contributed by atoms with Gasteiger partial charge in [0.1, 0.15) is 0 Å². The van der Waals surface area contributed by atoms with Crippen LogP contribution in [0.4, 0.5) is 0 Å². The summed E-state index contributed by atoms with van der Waals surface area (Å²) in [7, 11) is 2.02. The number of hydrogen-bond donors (Lipinski definition) is 1. The molecule has 1 heterocycles. The summed E-state index contributed by atoms with van der Waals surface area (Å²) in [5, 5.41) is 8.65. The Balaban J connectivity index is 2.33. The molecule has 1 aliphatic heterocycles. The maximum absolute atomic E-state index is 8.65. The van der Waals surface area contributed by atoms with Gasteiger partial charge < -0.3 is 5.11 Å². The monoisotopic (exact) mass is 163 g/mol. The average Bonchev–Trinajstić information content (AvgIpc) is 2.20. The second-order valence-corrected chi connectivity index (χ2v) is 3.36. The van der Waals surface area contributed by atoms with E-state index >= 15 is 0 Å². The molecule has 0 saturated carbocycles. The molecule has 1 saturated heterocycles. The summed E-state index contributed by atoms with van der Waals surface area (Å²) in [6.07, 6.45) is 1.98. The van der Waals surface area contributed by atoms with E-state index in [4.69, 9.17) is 16.7 Å². The lowest BCUT2D eigenvalue weighted by Crippen LogP contribution is -2.23. The molecule has 1 unspecified atom stereocenters. The van der Waals surface area contributed by atoms with Gasteiger partial charge in [0.2, 0.25) is 0 Å². The van der Waals surface area contributed by atoms with Crippen LogP contribution >= 0.6 is 11.6 Å². The molecular formula is C7H14ClNO. The minimum absolute atomic E-state index is 0.146. The molecule has 0 radical (unpaired) electrons. The molecule has 0 amide bonds. The van der Waals surface area contributed by atoms with Crippen molar-refractivity contribution in [1.82, 2.24) is 4.90 Å². The number of aliphatic hydroxyl groups excluding tert-OH is 1. The van der Waals surface area contributed by atoms with Gasteiger partial charge in [-0.1, -0.05) is 0 Å². The van der Waals surface area contributed by atoms with Crippen LogP contribution in [0.3, 0.4) is 0 Å². The first-order chi connectivity index (χ1) is 4.75. The van der Waals surface area contributed by atoms with Gasteiger partial charge in [0.05, 0.1) is 5.50 Å². The van der Waals surface area contributed by atoms with Crippen molar-refractivity contribution >= 4 is 11.6 Å². The molecule has 60 valence electrons. The second kappa shape index (κ2) is 3.56. The number of rotatable bonds is 2. The number of aliphatic hydroxyl groups is 1. The number of nitrogens with zero attached hydrogens (tertiary/aromatic N) is 1. The molecular weight excluding hydrogens is 150 g/mol. The Hall–Kier alpha value is 0.210. The summed E-state index contributed by atoms with van der Waals surface area (Å²) in [5.41, 5.74) is 0.146. The van der Waals surface area contributed by atoms with Gasteiger partial charge in [-0.2, -0.15) is 0 Å². The maximum Gasteiger partial charge on any atom is 0.0877 e. The molecule has 3 heteroatoms. The van der Waals surface area contributed by atoms with Gasteiger partial charge in [-0.15, -0.1) is 11.6 Å². The van der Waals surface area contributed by atoms with Crippen LogP contribution in [0.2, 0.25) is 0 Å². The molecule has 2 atom stereocenters. The molecule has 2 nitrogen and oxygen atoms in total. The Morgan fingerprint density at radius 2 is 2.40 bits per heavy atom. The van der Waals surface area contributed by atoms with Crippen LogP contribution in [0, 0.1) is 5.92 Å². The van der Waals surface area contributed by atoms with E-state index in [0.717, 1.165) is 19.4 Å². The van der Waals surface area contributed by atoms with Crippen molar-refractivity contribution in [3.63, 3.8) is 0 Å². The van der Waals surface area contributed by atoms with E-state index in [2.05, 4.69) is 4.90 Å². The zero-order valence-electron chi connectivity index (χ0n) is 6.26. The highest BCUT2D eigenvalue weighted by Gasteiger charge is 2.28. The molecule has 1 rings (SSSR count). The Bertz CT molecular complexity index is 108. The topological polar surface area (TPSA) is 23.5 Å². The Labute approximate surface area is 66.8 Å².